The van der Waals surface area contributed by atoms with Crippen molar-refractivity contribution in [2.75, 3.05) is 11.5 Å². The number of carbonyl (C=O) groups excluding carboxylic acids is 2. The number of rotatable bonds is 8. The van der Waals surface area contributed by atoms with E-state index in [1.54, 1.807) is 13.0 Å². The van der Waals surface area contributed by atoms with Crippen LogP contribution in [0.4, 0.5) is 23.2 Å². The van der Waals surface area contributed by atoms with E-state index in [9.17, 15) is 32.3 Å². The van der Waals surface area contributed by atoms with Crippen LogP contribution < -0.4 is 10.2 Å². The highest BCUT2D eigenvalue weighted by atomic mass is 35.5. The molecule has 2 amide bonds. The zero-order chi connectivity index (χ0) is 26.9. The molecule has 10 heteroatoms. The maximum absolute atomic E-state index is 14.6. The molecule has 194 valence electrons. The number of aliphatic hydroxyl groups is 1. The molecule has 1 aliphatic rings. The first-order valence-corrected chi connectivity index (χ1v) is 11.9. The van der Waals surface area contributed by atoms with Crippen molar-refractivity contribution in [3.8, 4) is 0 Å². The number of anilines is 1. The van der Waals surface area contributed by atoms with Gasteiger partial charge in [-0.2, -0.15) is 0 Å². The summed E-state index contributed by atoms with van der Waals surface area (Å²) >= 11 is 6.19. The van der Waals surface area contributed by atoms with Crippen molar-refractivity contribution in [1.82, 2.24) is 5.32 Å². The van der Waals surface area contributed by atoms with Crippen LogP contribution in [0.5, 0.6) is 0 Å². The molecular formula is C27H23ClF4N2O3. The zero-order valence-corrected chi connectivity index (χ0v) is 20.5. The van der Waals surface area contributed by atoms with Crippen molar-refractivity contribution >= 4 is 29.1 Å². The third kappa shape index (κ3) is 5.06. The van der Waals surface area contributed by atoms with E-state index in [2.05, 4.69) is 5.32 Å². The van der Waals surface area contributed by atoms with E-state index in [1.807, 2.05) is 0 Å². The first kappa shape index (κ1) is 26.6. The van der Waals surface area contributed by atoms with Gasteiger partial charge in [-0.15, -0.1) is 0 Å². The fourth-order valence-corrected chi connectivity index (χ4v) is 4.79. The topological polar surface area (TPSA) is 69.6 Å². The first-order chi connectivity index (χ1) is 17.6. The summed E-state index contributed by atoms with van der Waals surface area (Å²) in [6.07, 6.45) is 0.651. The molecule has 1 unspecified atom stereocenters. The molecular weight excluding hydrogens is 512 g/mol. The molecule has 1 aliphatic heterocycles. The van der Waals surface area contributed by atoms with Crippen LogP contribution >= 0.6 is 11.6 Å². The molecule has 0 radical (unpaired) electrons. The van der Waals surface area contributed by atoms with E-state index in [-0.39, 0.29) is 35.2 Å². The largest absolute Gasteiger partial charge is 0.396 e. The molecule has 1 atom stereocenters. The van der Waals surface area contributed by atoms with Crippen LogP contribution in [-0.2, 0) is 23.3 Å². The lowest BCUT2D eigenvalue weighted by Crippen LogP contribution is -2.38. The van der Waals surface area contributed by atoms with E-state index in [0.29, 0.717) is 36.2 Å². The van der Waals surface area contributed by atoms with Gasteiger partial charge in [0, 0.05) is 52.7 Å². The lowest BCUT2D eigenvalue weighted by Gasteiger charge is -2.24. The van der Waals surface area contributed by atoms with Crippen molar-refractivity contribution < 1.29 is 32.3 Å². The van der Waals surface area contributed by atoms with Gasteiger partial charge in [0.25, 0.3) is 5.91 Å². The summed E-state index contributed by atoms with van der Waals surface area (Å²) in [5.41, 5.74) is -0.399. The van der Waals surface area contributed by atoms with Gasteiger partial charge in [-0.3, -0.25) is 9.59 Å². The van der Waals surface area contributed by atoms with Gasteiger partial charge in [0.2, 0.25) is 5.91 Å². The number of nitrogens with zero attached hydrogens (tertiary/aromatic N) is 1. The lowest BCUT2D eigenvalue weighted by atomic mass is 9.79. The van der Waals surface area contributed by atoms with Crippen molar-refractivity contribution in [2.45, 2.75) is 38.3 Å². The number of carbonyl (C=O) groups is 2. The van der Waals surface area contributed by atoms with Gasteiger partial charge in [-0.05, 0) is 49.6 Å². The number of hydrogen-bond donors (Lipinski definition) is 2. The highest BCUT2D eigenvalue weighted by Gasteiger charge is 2.47. The molecule has 0 aromatic heterocycles. The van der Waals surface area contributed by atoms with Crippen molar-refractivity contribution in [3.05, 3.63) is 99.1 Å². The molecule has 1 heterocycles. The molecule has 3 aromatic rings. The SMILES string of the molecule is CC1(CCCO)C(=O)N(Cc2c(F)cccc2Cl)c2cc(C(=O)NCc3c(F)cc(F)cc3F)ccc21. The average molecular weight is 535 g/mol. The number of fused-ring (bicyclic) bond motifs is 1. The Morgan fingerprint density at radius 3 is 2.38 bits per heavy atom. The fourth-order valence-electron chi connectivity index (χ4n) is 4.57. The molecule has 0 spiro atoms. The Labute approximate surface area is 215 Å². The molecule has 0 fully saturated rings. The van der Waals surface area contributed by atoms with Gasteiger partial charge in [-0.1, -0.05) is 23.7 Å². The number of benzene rings is 3. The standard InChI is InChI=1S/C27H23ClF4N2O3/c1-27(8-3-9-35)19-7-6-15(25(36)33-13-17-22(31)11-16(29)12-23(17)32)10-24(19)34(26(27)37)14-18-20(28)4-2-5-21(18)30/h2,4-7,10-12,35H,3,8-9,13-14H2,1H3,(H,33,36). The number of amides is 2. The Balaban J connectivity index is 1.67. The van der Waals surface area contributed by atoms with Gasteiger partial charge >= 0.3 is 0 Å². The predicted octanol–water partition coefficient (Wildman–Crippen LogP) is 5.40. The second-order valence-corrected chi connectivity index (χ2v) is 9.42. The fraction of sp³-hybridized carbons (Fsp3) is 0.259. The number of aliphatic hydroxyl groups excluding tert-OH is 1. The summed E-state index contributed by atoms with van der Waals surface area (Å²) in [6, 6.07) is 9.72. The van der Waals surface area contributed by atoms with Gasteiger partial charge in [-0.25, -0.2) is 17.6 Å². The van der Waals surface area contributed by atoms with E-state index < -0.39 is 46.7 Å². The summed E-state index contributed by atoms with van der Waals surface area (Å²) in [5.74, 6) is -4.97. The van der Waals surface area contributed by atoms with Crippen LogP contribution in [-0.4, -0.2) is 23.5 Å². The quantitative estimate of drug-likeness (QED) is 0.380. The first-order valence-electron chi connectivity index (χ1n) is 11.5. The molecule has 0 saturated carbocycles. The maximum atomic E-state index is 14.6. The van der Waals surface area contributed by atoms with Crippen LogP contribution in [0.15, 0.2) is 48.5 Å². The molecule has 0 bridgehead atoms. The summed E-state index contributed by atoms with van der Waals surface area (Å²) in [5, 5.41) is 11.9. The van der Waals surface area contributed by atoms with E-state index in [0.717, 1.165) is 0 Å². The highest BCUT2D eigenvalue weighted by Crippen LogP contribution is 2.46. The predicted molar refractivity (Wildman–Crippen MR) is 130 cm³/mol. The minimum atomic E-state index is -1.13. The van der Waals surface area contributed by atoms with Gasteiger partial charge in [0.15, 0.2) is 0 Å². The maximum Gasteiger partial charge on any atom is 0.251 e. The van der Waals surface area contributed by atoms with Gasteiger partial charge in [0.05, 0.1) is 12.0 Å². The van der Waals surface area contributed by atoms with Gasteiger partial charge < -0.3 is 15.3 Å². The molecule has 2 N–H and O–H groups in total. The number of nitrogens with one attached hydrogen (secondary N) is 1. The van der Waals surface area contributed by atoms with E-state index in [1.165, 1.54) is 35.2 Å². The summed E-state index contributed by atoms with van der Waals surface area (Å²) in [6.45, 7) is 0.861. The third-order valence-corrected chi connectivity index (χ3v) is 6.96. The van der Waals surface area contributed by atoms with Crippen LogP contribution in [0.1, 0.15) is 46.8 Å². The van der Waals surface area contributed by atoms with Crippen molar-refractivity contribution in [2.24, 2.45) is 0 Å². The van der Waals surface area contributed by atoms with Crippen molar-refractivity contribution in [1.29, 1.82) is 0 Å². The smallest absolute Gasteiger partial charge is 0.251 e. The van der Waals surface area contributed by atoms with E-state index in [4.69, 9.17) is 11.6 Å². The van der Waals surface area contributed by atoms with Crippen LogP contribution in [0.2, 0.25) is 5.02 Å². The molecule has 3 aromatic carbocycles. The zero-order valence-electron chi connectivity index (χ0n) is 19.8. The molecule has 0 aliphatic carbocycles. The van der Waals surface area contributed by atoms with Crippen LogP contribution in [0.3, 0.4) is 0 Å². The monoisotopic (exact) mass is 534 g/mol. The summed E-state index contributed by atoms with van der Waals surface area (Å²) in [7, 11) is 0. The van der Waals surface area contributed by atoms with Crippen molar-refractivity contribution in [3.63, 3.8) is 0 Å². The Morgan fingerprint density at radius 1 is 1.03 bits per heavy atom. The summed E-state index contributed by atoms with van der Waals surface area (Å²) in [4.78, 5) is 27.8. The highest BCUT2D eigenvalue weighted by molar-refractivity contribution is 6.31. The van der Waals surface area contributed by atoms with Crippen LogP contribution in [0, 0.1) is 23.3 Å². The second kappa shape index (κ2) is 10.5. The molecule has 37 heavy (non-hydrogen) atoms. The molecule has 5 nitrogen and oxygen atoms in total. The Hall–Kier alpha value is -3.43. The number of halogens is 5. The summed E-state index contributed by atoms with van der Waals surface area (Å²) < 4.78 is 55.7. The Morgan fingerprint density at radius 2 is 1.73 bits per heavy atom. The minimum Gasteiger partial charge on any atom is -0.396 e. The lowest BCUT2D eigenvalue weighted by molar-refractivity contribution is -0.123. The second-order valence-electron chi connectivity index (χ2n) is 9.01. The van der Waals surface area contributed by atoms with Gasteiger partial charge in [0.1, 0.15) is 23.3 Å². The van der Waals surface area contributed by atoms with E-state index >= 15 is 0 Å². The third-order valence-electron chi connectivity index (χ3n) is 6.61. The normalized spacial score (nSPS) is 16.7. The molecule has 0 saturated heterocycles. The molecule has 4 rings (SSSR count). The average Bonchev–Trinajstić information content (AvgIpc) is 3.05. The van der Waals surface area contributed by atoms with Crippen LogP contribution in [0.25, 0.3) is 0 Å². The number of hydrogen-bond acceptors (Lipinski definition) is 3. The minimum absolute atomic E-state index is 0.0884. The Kier molecular flexibility index (Phi) is 7.57. The Bertz CT molecular complexity index is 1340.